The first kappa shape index (κ1) is 46.8. The molecule has 0 radical (unpaired) electrons. The maximum absolute atomic E-state index is 7.98. The third-order valence-electron chi connectivity index (χ3n) is 12.5. The van der Waals surface area contributed by atoms with Crippen molar-refractivity contribution in [3.63, 3.8) is 0 Å². The molecule has 1 rings (SSSR count). The fourth-order valence-electron chi connectivity index (χ4n) is 9.95. The molecule has 0 heterocycles. The molecule has 0 amide bonds. The molecular formula is C44H86O2Si2Sn. The monoisotopic (exact) mass is 823 g/mol. The molecule has 0 N–H and O–H groups in total. The van der Waals surface area contributed by atoms with Crippen molar-refractivity contribution in [2.45, 2.75) is 227 Å². The first-order valence-corrected chi connectivity index (χ1v) is 33.0. The van der Waals surface area contributed by atoms with Crippen LogP contribution in [-0.4, -0.2) is 35.0 Å². The van der Waals surface area contributed by atoms with Crippen LogP contribution in [0, 0.1) is 0 Å². The Kier molecular flexibility index (Phi) is 21.1. The van der Waals surface area contributed by atoms with Gasteiger partial charge in [-0.05, 0) is 0 Å². The van der Waals surface area contributed by atoms with Crippen molar-refractivity contribution in [3.05, 3.63) is 30.4 Å². The topological polar surface area (TPSA) is 18.5 Å². The van der Waals surface area contributed by atoms with Gasteiger partial charge in [0.15, 0.2) is 0 Å². The van der Waals surface area contributed by atoms with Gasteiger partial charge >= 0.3 is 317 Å². The number of hydrogen-bond acceptors (Lipinski definition) is 2. The van der Waals surface area contributed by atoms with E-state index in [0.717, 1.165) is 12.8 Å². The van der Waals surface area contributed by atoms with Crippen LogP contribution in [0.5, 0.6) is 11.5 Å². The molecule has 0 unspecified atom stereocenters. The average molecular weight is 822 g/mol. The molecule has 0 aliphatic carbocycles. The Labute approximate surface area is 314 Å². The summed E-state index contributed by atoms with van der Waals surface area (Å²) >= 11 is -2.89. The van der Waals surface area contributed by atoms with E-state index in [4.69, 9.17) is 8.85 Å². The van der Waals surface area contributed by atoms with Crippen molar-refractivity contribution < 1.29 is 8.85 Å². The van der Waals surface area contributed by atoms with Gasteiger partial charge in [-0.2, -0.15) is 0 Å². The van der Waals surface area contributed by atoms with Crippen LogP contribution >= 0.6 is 0 Å². The Morgan fingerprint density at radius 1 is 0.571 bits per heavy atom. The van der Waals surface area contributed by atoms with Crippen molar-refractivity contribution in [1.82, 2.24) is 0 Å². The predicted molar refractivity (Wildman–Crippen MR) is 231 cm³/mol. The summed E-state index contributed by atoms with van der Waals surface area (Å²) in [6, 6.07) is 5.39. The number of unbranched alkanes of at least 4 members (excludes halogenated alkanes) is 4. The molecular weight excluding hydrogens is 735 g/mol. The Hall–Kier alpha value is -0.208. The van der Waals surface area contributed by atoms with E-state index in [9.17, 15) is 0 Å². The summed E-state index contributed by atoms with van der Waals surface area (Å²) in [6.07, 6.45) is 14.7. The van der Waals surface area contributed by atoms with Gasteiger partial charge in [0.25, 0.3) is 0 Å². The molecule has 0 spiro atoms. The van der Waals surface area contributed by atoms with E-state index in [1.807, 2.05) is 0 Å². The van der Waals surface area contributed by atoms with Crippen molar-refractivity contribution in [3.8, 4) is 11.5 Å². The summed E-state index contributed by atoms with van der Waals surface area (Å²) in [6.45, 7) is 43.3. The molecule has 0 aliphatic heterocycles. The third kappa shape index (κ3) is 11.4. The first-order valence-electron chi connectivity index (χ1n) is 21.2. The van der Waals surface area contributed by atoms with E-state index in [2.05, 4.69) is 136 Å². The van der Waals surface area contributed by atoms with Gasteiger partial charge in [-0.1, -0.05) is 0 Å². The normalized spacial score (nSPS) is 13.8. The van der Waals surface area contributed by atoms with Crippen LogP contribution in [0.3, 0.4) is 0 Å². The molecule has 5 heteroatoms. The fraction of sp³-hybridized carbons (Fsp3) is 0.818. The minimum atomic E-state index is -2.89. The summed E-state index contributed by atoms with van der Waals surface area (Å²) in [4.78, 5) is 0. The Balaban J connectivity index is 4.65. The molecule has 2 nitrogen and oxygen atoms in total. The van der Waals surface area contributed by atoms with E-state index < -0.39 is 35.0 Å². The Bertz CT molecular complexity index is 956. The Morgan fingerprint density at radius 2 is 0.898 bits per heavy atom. The zero-order chi connectivity index (χ0) is 37.6. The second-order valence-electron chi connectivity index (χ2n) is 17.7. The van der Waals surface area contributed by atoms with E-state index in [1.165, 1.54) is 81.7 Å². The summed E-state index contributed by atoms with van der Waals surface area (Å²) in [5.41, 5.74) is 4.52. The van der Waals surface area contributed by atoms with Gasteiger partial charge in [0.1, 0.15) is 0 Å². The van der Waals surface area contributed by atoms with Crippen LogP contribution in [0.25, 0.3) is 0 Å². The first-order chi connectivity index (χ1) is 23.0. The Morgan fingerprint density at radius 3 is 1.16 bits per heavy atom. The van der Waals surface area contributed by atoms with Crippen molar-refractivity contribution in [1.29, 1.82) is 0 Å². The second kappa shape index (κ2) is 22.1. The number of rotatable bonds is 26. The van der Waals surface area contributed by atoms with Gasteiger partial charge < -0.3 is 0 Å². The van der Waals surface area contributed by atoms with Crippen LogP contribution in [0.4, 0.5) is 0 Å². The second-order valence-corrected chi connectivity index (χ2v) is 41.7. The van der Waals surface area contributed by atoms with E-state index in [1.54, 1.807) is 3.58 Å². The van der Waals surface area contributed by atoms with Gasteiger partial charge in [0, 0.05) is 0 Å². The summed E-state index contributed by atoms with van der Waals surface area (Å²) in [5.74, 6) is 2.81. The van der Waals surface area contributed by atoms with Crippen LogP contribution < -0.4 is 12.4 Å². The van der Waals surface area contributed by atoms with Gasteiger partial charge in [-0.25, -0.2) is 0 Å². The van der Waals surface area contributed by atoms with Crippen LogP contribution in [0.1, 0.15) is 186 Å². The van der Waals surface area contributed by atoms with Gasteiger partial charge in [-0.15, -0.1) is 0 Å². The third-order valence-corrected chi connectivity index (χ3v) is 40.0. The number of allylic oxidation sites excluding steroid dienone is 1. The summed E-state index contributed by atoms with van der Waals surface area (Å²) < 4.78 is 22.0. The molecule has 286 valence electrons. The SMILES string of the molecule is C=CC[C@H](CCCC)c1c(O[Si](C(C)C)(C(C)C)C(C)C)c[c]([Sn]([CH2]CCC)([CH2]CCC)[CH2]CCC)cc1O[Si](C(C)C)(C(C)C)C(C)C. The number of benzene rings is 1. The van der Waals surface area contributed by atoms with E-state index in [-0.39, 0.29) is 0 Å². The molecule has 0 saturated carbocycles. The predicted octanol–water partition coefficient (Wildman–Crippen LogP) is 15.7. The molecule has 0 aliphatic rings. The van der Waals surface area contributed by atoms with Crippen molar-refractivity contribution in [2.75, 3.05) is 0 Å². The molecule has 0 fully saturated rings. The summed E-state index contributed by atoms with van der Waals surface area (Å²) in [5, 5.41) is 0. The van der Waals surface area contributed by atoms with Crippen molar-refractivity contribution in [2.24, 2.45) is 0 Å². The quantitative estimate of drug-likeness (QED) is 0.0685. The minimum absolute atomic E-state index is 0.361. The van der Waals surface area contributed by atoms with Crippen molar-refractivity contribution >= 4 is 38.6 Å². The van der Waals surface area contributed by atoms with Gasteiger partial charge in [0.2, 0.25) is 0 Å². The van der Waals surface area contributed by atoms with Crippen LogP contribution in [-0.2, 0) is 0 Å². The van der Waals surface area contributed by atoms with E-state index in [0.29, 0.717) is 39.2 Å². The molecule has 0 aromatic heterocycles. The standard InChI is InChI=1S/C32H59O2Si2.3C4H9.Sn/c1-15-17-20-29(19-16-2)32-30(33-35(23(3)4,24(5)6)25(7)8)21-18-22-31(32)34-36(26(9)10,27(11)12)28(13)14;3*1-3-4-2;/h16,21-29H,2,15,17,19-20H2,1,3-14H3;3*1,3-4H2,2H3;/t29-;;;;/m1..../s1. The number of hydrogen-bond donors (Lipinski definition) is 0. The van der Waals surface area contributed by atoms with Crippen LogP contribution in [0.15, 0.2) is 24.8 Å². The zero-order valence-corrected chi connectivity index (χ0v) is 40.8. The maximum atomic E-state index is 7.98. The fourth-order valence-corrected chi connectivity index (χ4v) is 36.4. The summed E-state index contributed by atoms with van der Waals surface area (Å²) in [7, 11) is -4.50. The molecule has 1 atom stereocenters. The zero-order valence-electron chi connectivity index (χ0n) is 36.0. The van der Waals surface area contributed by atoms with E-state index >= 15 is 0 Å². The molecule has 1 aromatic rings. The van der Waals surface area contributed by atoms with Gasteiger partial charge in [-0.3, -0.25) is 0 Å². The molecule has 49 heavy (non-hydrogen) atoms. The van der Waals surface area contributed by atoms with Crippen LogP contribution in [0.2, 0.25) is 46.6 Å². The molecule has 0 saturated heterocycles. The molecule has 0 bridgehead atoms. The van der Waals surface area contributed by atoms with Gasteiger partial charge in [0.05, 0.1) is 0 Å². The molecule has 1 aromatic carbocycles. The average Bonchev–Trinajstić information content (AvgIpc) is 3.03.